The van der Waals surface area contributed by atoms with Gasteiger partial charge in [-0.15, -0.1) is 0 Å². The van der Waals surface area contributed by atoms with Gasteiger partial charge in [-0.05, 0) is 30.2 Å². The first-order valence-corrected chi connectivity index (χ1v) is 8.78. The first kappa shape index (κ1) is 19.1. The monoisotopic (exact) mass is 376 g/mol. The molecule has 142 valence electrons. The molecular formula is C21H20N4O3. The predicted octanol–water partition coefficient (Wildman–Crippen LogP) is 1.98. The summed E-state index contributed by atoms with van der Waals surface area (Å²) in [5.74, 6) is -0.833. The lowest BCUT2D eigenvalue weighted by molar-refractivity contribution is -0.138. The van der Waals surface area contributed by atoms with Crippen LogP contribution in [-0.2, 0) is 21.7 Å². The molecule has 0 saturated carbocycles. The number of amides is 4. The number of rotatable bonds is 5. The molecule has 1 aliphatic heterocycles. The fourth-order valence-corrected chi connectivity index (χ4v) is 3.16. The molecule has 1 unspecified atom stereocenters. The van der Waals surface area contributed by atoms with Gasteiger partial charge in [-0.1, -0.05) is 42.5 Å². The molecule has 0 bridgehead atoms. The van der Waals surface area contributed by atoms with Gasteiger partial charge in [0, 0.05) is 13.6 Å². The quantitative estimate of drug-likeness (QED) is 0.808. The van der Waals surface area contributed by atoms with E-state index in [9.17, 15) is 14.4 Å². The van der Waals surface area contributed by atoms with Crippen molar-refractivity contribution in [3.8, 4) is 6.07 Å². The molecule has 2 aromatic rings. The minimum Gasteiger partial charge on any atom is -0.340 e. The summed E-state index contributed by atoms with van der Waals surface area (Å²) < 4.78 is 0. The Kier molecular flexibility index (Phi) is 5.14. The number of benzene rings is 2. The zero-order chi connectivity index (χ0) is 20.3. The molecule has 1 fully saturated rings. The van der Waals surface area contributed by atoms with Crippen molar-refractivity contribution in [2.24, 2.45) is 0 Å². The molecule has 1 saturated heterocycles. The first-order chi connectivity index (χ1) is 13.3. The van der Waals surface area contributed by atoms with Crippen molar-refractivity contribution in [1.29, 1.82) is 5.26 Å². The topological polar surface area (TPSA) is 93.5 Å². The summed E-state index contributed by atoms with van der Waals surface area (Å²) in [5.41, 5.74) is 0.760. The second kappa shape index (κ2) is 7.53. The molecule has 28 heavy (non-hydrogen) atoms. The molecule has 7 nitrogen and oxygen atoms in total. The zero-order valence-electron chi connectivity index (χ0n) is 15.7. The maximum atomic E-state index is 12.9. The summed E-state index contributed by atoms with van der Waals surface area (Å²) in [6.07, 6.45) is 0. The second-order valence-electron chi connectivity index (χ2n) is 6.87. The number of hydrogen-bond acceptors (Lipinski definition) is 4. The van der Waals surface area contributed by atoms with Gasteiger partial charge in [-0.25, -0.2) is 4.79 Å². The van der Waals surface area contributed by atoms with E-state index in [1.807, 2.05) is 12.1 Å². The van der Waals surface area contributed by atoms with Crippen LogP contribution in [0.15, 0.2) is 54.6 Å². The van der Waals surface area contributed by atoms with E-state index >= 15 is 0 Å². The van der Waals surface area contributed by atoms with Crippen LogP contribution in [0.25, 0.3) is 0 Å². The van der Waals surface area contributed by atoms with Crippen LogP contribution in [0.5, 0.6) is 0 Å². The highest BCUT2D eigenvalue weighted by molar-refractivity contribution is 6.09. The van der Waals surface area contributed by atoms with E-state index in [0.29, 0.717) is 11.1 Å². The highest BCUT2D eigenvalue weighted by atomic mass is 16.2. The van der Waals surface area contributed by atoms with Gasteiger partial charge in [0.05, 0.1) is 11.6 Å². The van der Waals surface area contributed by atoms with Gasteiger partial charge in [0.15, 0.2) is 0 Å². The molecule has 7 heteroatoms. The van der Waals surface area contributed by atoms with Crippen LogP contribution < -0.4 is 5.32 Å². The Labute approximate surface area is 163 Å². The summed E-state index contributed by atoms with van der Waals surface area (Å²) in [6, 6.07) is 17.3. The molecule has 1 heterocycles. The Balaban J connectivity index is 1.70. The summed E-state index contributed by atoms with van der Waals surface area (Å²) in [4.78, 5) is 40.2. The molecule has 0 radical (unpaired) electrons. The standard InChI is InChI=1S/C21H20N4O3/c1-21(17-9-4-3-5-10-17)19(27)25(20(28)23-21)14-18(26)24(2)13-16-8-6-7-15(11-16)12-22/h3-11H,13-14H2,1-2H3,(H,23,28). The third kappa shape index (κ3) is 3.58. The van der Waals surface area contributed by atoms with E-state index in [1.165, 1.54) is 4.90 Å². The van der Waals surface area contributed by atoms with E-state index in [-0.39, 0.29) is 19.0 Å². The van der Waals surface area contributed by atoms with Crippen molar-refractivity contribution < 1.29 is 14.4 Å². The second-order valence-corrected chi connectivity index (χ2v) is 6.87. The molecule has 0 aromatic heterocycles. The molecule has 2 aromatic carbocycles. The van der Waals surface area contributed by atoms with Crippen LogP contribution in [0.2, 0.25) is 0 Å². The Morgan fingerprint density at radius 3 is 2.57 bits per heavy atom. The van der Waals surface area contributed by atoms with Gasteiger partial charge >= 0.3 is 6.03 Å². The van der Waals surface area contributed by atoms with Gasteiger partial charge < -0.3 is 10.2 Å². The van der Waals surface area contributed by atoms with Crippen molar-refractivity contribution in [2.75, 3.05) is 13.6 Å². The fourth-order valence-electron chi connectivity index (χ4n) is 3.16. The smallest absolute Gasteiger partial charge is 0.325 e. The molecule has 3 rings (SSSR count). The van der Waals surface area contributed by atoms with Gasteiger partial charge in [-0.2, -0.15) is 5.26 Å². The van der Waals surface area contributed by atoms with E-state index in [1.54, 1.807) is 56.4 Å². The van der Waals surface area contributed by atoms with Crippen molar-refractivity contribution >= 4 is 17.8 Å². The third-order valence-electron chi connectivity index (χ3n) is 4.82. The van der Waals surface area contributed by atoms with Crippen molar-refractivity contribution in [2.45, 2.75) is 19.0 Å². The third-order valence-corrected chi connectivity index (χ3v) is 4.82. The van der Waals surface area contributed by atoms with E-state index in [2.05, 4.69) is 11.4 Å². The van der Waals surface area contributed by atoms with Crippen molar-refractivity contribution in [1.82, 2.24) is 15.1 Å². The summed E-state index contributed by atoms with van der Waals surface area (Å²) in [7, 11) is 1.59. The maximum Gasteiger partial charge on any atom is 0.325 e. The number of urea groups is 1. The summed E-state index contributed by atoms with van der Waals surface area (Å²) in [5, 5.41) is 11.7. The number of hydrogen-bond donors (Lipinski definition) is 1. The zero-order valence-corrected chi connectivity index (χ0v) is 15.7. The highest BCUT2D eigenvalue weighted by Crippen LogP contribution is 2.28. The SMILES string of the molecule is CN(Cc1cccc(C#N)c1)C(=O)CN1C(=O)NC(C)(c2ccccc2)C1=O. The molecule has 0 aliphatic carbocycles. The lowest BCUT2D eigenvalue weighted by Crippen LogP contribution is -2.43. The first-order valence-electron chi connectivity index (χ1n) is 8.78. The fraction of sp³-hybridized carbons (Fsp3) is 0.238. The van der Waals surface area contributed by atoms with Crippen LogP contribution in [0.1, 0.15) is 23.6 Å². The molecule has 1 aliphatic rings. The lowest BCUT2D eigenvalue weighted by Gasteiger charge is -2.23. The minimum atomic E-state index is -1.20. The number of carbonyl (C=O) groups is 3. The molecular weight excluding hydrogens is 356 g/mol. The number of nitriles is 1. The molecule has 4 amide bonds. The number of carbonyl (C=O) groups excluding carboxylic acids is 3. The maximum absolute atomic E-state index is 12.9. The van der Waals surface area contributed by atoms with Crippen LogP contribution in [0, 0.1) is 11.3 Å². The molecule has 1 N–H and O–H groups in total. The van der Waals surface area contributed by atoms with Crippen molar-refractivity contribution in [3.05, 3.63) is 71.3 Å². The normalized spacial score (nSPS) is 18.5. The predicted molar refractivity (Wildman–Crippen MR) is 102 cm³/mol. The van der Waals surface area contributed by atoms with Crippen LogP contribution in [0.4, 0.5) is 4.79 Å². The largest absolute Gasteiger partial charge is 0.340 e. The summed E-state index contributed by atoms with van der Waals surface area (Å²) in [6.45, 7) is 1.56. The van der Waals surface area contributed by atoms with Crippen LogP contribution in [0.3, 0.4) is 0 Å². The Morgan fingerprint density at radius 1 is 1.18 bits per heavy atom. The highest BCUT2D eigenvalue weighted by Gasteiger charge is 2.49. The number of imide groups is 1. The van der Waals surface area contributed by atoms with Crippen LogP contribution in [-0.4, -0.2) is 41.2 Å². The Hall–Kier alpha value is -3.66. The average Bonchev–Trinajstić information content (AvgIpc) is 2.92. The Morgan fingerprint density at radius 2 is 1.89 bits per heavy atom. The van der Waals surface area contributed by atoms with Crippen LogP contribution >= 0.6 is 0 Å². The molecule has 0 spiro atoms. The minimum absolute atomic E-state index is 0.272. The number of likely N-dealkylation sites (N-methyl/N-ethyl adjacent to an activating group) is 1. The number of nitrogens with one attached hydrogen (secondary N) is 1. The Bertz CT molecular complexity index is 967. The molecule has 1 atom stereocenters. The number of nitrogens with zero attached hydrogens (tertiary/aromatic N) is 3. The average molecular weight is 376 g/mol. The van der Waals surface area contributed by atoms with Gasteiger partial charge in [0.2, 0.25) is 5.91 Å². The van der Waals surface area contributed by atoms with E-state index in [4.69, 9.17) is 5.26 Å². The van der Waals surface area contributed by atoms with Crippen molar-refractivity contribution in [3.63, 3.8) is 0 Å². The van der Waals surface area contributed by atoms with Gasteiger partial charge in [0.1, 0.15) is 12.1 Å². The van der Waals surface area contributed by atoms with Gasteiger partial charge in [0.25, 0.3) is 5.91 Å². The van der Waals surface area contributed by atoms with E-state index < -0.39 is 17.5 Å². The van der Waals surface area contributed by atoms with Gasteiger partial charge in [-0.3, -0.25) is 14.5 Å². The lowest BCUT2D eigenvalue weighted by atomic mass is 9.92. The van der Waals surface area contributed by atoms with E-state index in [0.717, 1.165) is 10.5 Å². The summed E-state index contributed by atoms with van der Waals surface area (Å²) >= 11 is 0.